The van der Waals surface area contributed by atoms with Crippen LogP contribution in [-0.2, 0) is 17.7 Å². The predicted octanol–water partition coefficient (Wildman–Crippen LogP) is 3.11. The molecule has 2 aromatic carbocycles. The van der Waals surface area contributed by atoms with Gasteiger partial charge in [0.15, 0.2) is 0 Å². The molecule has 3 aliphatic heterocycles. The minimum atomic E-state index is -0.323. The standard InChI is InChI=1S/C26H32N4O3/c1-32-20-8-6-18(7-9-20)16-30-24(10-13-27-23-17-29-14-11-19(23)12-15-29)25-21(26(31)33-2)4-3-5-22(25)28-30/h3-9,19,23,27H,10-17H2,1-2H3/t23-/m1/s1. The van der Waals surface area contributed by atoms with Crippen LogP contribution in [0.2, 0.25) is 0 Å². The van der Waals surface area contributed by atoms with Gasteiger partial charge in [0.25, 0.3) is 0 Å². The van der Waals surface area contributed by atoms with E-state index in [-0.39, 0.29) is 5.97 Å². The number of hydrogen-bond acceptors (Lipinski definition) is 6. The van der Waals surface area contributed by atoms with Gasteiger partial charge >= 0.3 is 5.97 Å². The fourth-order valence-corrected chi connectivity index (χ4v) is 5.39. The van der Waals surface area contributed by atoms with Gasteiger partial charge in [-0.05, 0) is 61.7 Å². The maximum Gasteiger partial charge on any atom is 0.338 e. The van der Waals surface area contributed by atoms with E-state index in [1.807, 2.05) is 35.0 Å². The highest BCUT2D eigenvalue weighted by Gasteiger charge is 2.33. The first-order chi connectivity index (χ1) is 16.2. The summed E-state index contributed by atoms with van der Waals surface area (Å²) >= 11 is 0. The van der Waals surface area contributed by atoms with E-state index < -0.39 is 0 Å². The maximum atomic E-state index is 12.5. The summed E-state index contributed by atoms with van der Waals surface area (Å²) < 4.78 is 12.4. The van der Waals surface area contributed by atoms with Gasteiger partial charge in [0.2, 0.25) is 0 Å². The number of benzene rings is 2. The highest BCUT2D eigenvalue weighted by Crippen LogP contribution is 2.28. The Kier molecular flexibility index (Phi) is 6.33. The number of fused-ring (bicyclic) bond motifs is 4. The lowest BCUT2D eigenvalue weighted by atomic mass is 9.84. The summed E-state index contributed by atoms with van der Waals surface area (Å²) in [6.45, 7) is 5.11. The molecule has 174 valence electrons. The molecule has 3 fully saturated rings. The monoisotopic (exact) mass is 448 g/mol. The smallest absolute Gasteiger partial charge is 0.338 e. The Bertz CT molecular complexity index is 1120. The van der Waals surface area contributed by atoms with E-state index in [2.05, 4.69) is 22.3 Å². The number of rotatable bonds is 8. The number of nitrogens with zero attached hydrogens (tertiary/aromatic N) is 3. The molecule has 7 nitrogen and oxygen atoms in total. The number of nitrogens with one attached hydrogen (secondary N) is 1. The fraction of sp³-hybridized carbons (Fsp3) is 0.462. The van der Waals surface area contributed by atoms with Gasteiger partial charge in [0, 0.05) is 36.6 Å². The minimum Gasteiger partial charge on any atom is -0.497 e. The lowest BCUT2D eigenvalue weighted by Gasteiger charge is -2.45. The van der Waals surface area contributed by atoms with Crippen LogP contribution in [-0.4, -0.2) is 67.1 Å². The first kappa shape index (κ1) is 21.9. The molecule has 7 heteroatoms. The van der Waals surface area contributed by atoms with E-state index in [4.69, 9.17) is 14.6 Å². The van der Waals surface area contributed by atoms with Gasteiger partial charge in [-0.1, -0.05) is 18.2 Å². The van der Waals surface area contributed by atoms with Crippen molar-refractivity contribution in [3.63, 3.8) is 0 Å². The quantitative estimate of drug-likeness (QED) is 0.534. The zero-order valence-corrected chi connectivity index (χ0v) is 19.4. The lowest BCUT2D eigenvalue weighted by molar-refractivity contribution is 0.0603. The molecule has 3 aromatic rings. The van der Waals surface area contributed by atoms with Gasteiger partial charge in [0.1, 0.15) is 5.75 Å². The summed E-state index contributed by atoms with van der Waals surface area (Å²) in [5.74, 6) is 1.29. The Morgan fingerprint density at radius 3 is 2.58 bits per heavy atom. The van der Waals surface area contributed by atoms with Gasteiger partial charge in [-0.25, -0.2) is 4.79 Å². The van der Waals surface area contributed by atoms with Crippen LogP contribution in [0.25, 0.3) is 10.9 Å². The van der Waals surface area contributed by atoms with Gasteiger partial charge in [-0.2, -0.15) is 5.10 Å². The van der Waals surface area contributed by atoms with E-state index >= 15 is 0 Å². The highest BCUT2D eigenvalue weighted by atomic mass is 16.5. The molecule has 6 rings (SSSR count). The molecule has 0 radical (unpaired) electrons. The van der Waals surface area contributed by atoms with Crippen LogP contribution in [0.4, 0.5) is 0 Å². The van der Waals surface area contributed by atoms with Crippen molar-refractivity contribution in [1.29, 1.82) is 0 Å². The second-order valence-electron chi connectivity index (χ2n) is 9.09. The molecular formula is C26H32N4O3. The van der Waals surface area contributed by atoms with Crippen LogP contribution < -0.4 is 10.1 Å². The summed E-state index contributed by atoms with van der Waals surface area (Å²) in [7, 11) is 3.10. The number of hydrogen-bond donors (Lipinski definition) is 1. The SMILES string of the molecule is COC(=O)c1cccc2nn(Cc3ccc(OC)cc3)c(CCN[C@@H]3CN4CCC3CC4)c12. The van der Waals surface area contributed by atoms with E-state index in [9.17, 15) is 4.79 Å². The van der Waals surface area contributed by atoms with Crippen molar-refractivity contribution in [3.8, 4) is 5.75 Å². The third-order valence-corrected chi connectivity index (χ3v) is 7.19. The van der Waals surface area contributed by atoms with Crippen LogP contribution >= 0.6 is 0 Å². The Morgan fingerprint density at radius 1 is 1.12 bits per heavy atom. The topological polar surface area (TPSA) is 68.6 Å². The molecule has 0 aliphatic carbocycles. The second-order valence-corrected chi connectivity index (χ2v) is 9.09. The minimum absolute atomic E-state index is 0.323. The third-order valence-electron chi connectivity index (χ3n) is 7.19. The molecular weight excluding hydrogens is 416 g/mol. The average molecular weight is 449 g/mol. The Labute approximate surface area is 194 Å². The average Bonchev–Trinajstić information content (AvgIpc) is 3.22. The summed E-state index contributed by atoms with van der Waals surface area (Å²) in [6.07, 6.45) is 3.38. The molecule has 33 heavy (non-hydrogen) atoms. The summed E-state index contributed by atoms with van der Waals surface area (Å²) in [4.78, 5) is 15.1. The van der Waals surface area contributed by atoms with Gasteiger partial charge in [0.05, 0.1) is 31.8 Å². The predicted molar refractivity (Wildman–Crippen MR) is 128 cm³/mol. The van der Waals surface area contributed by atoms with Crippen LogP contribution in [0.3, 0.4) is 0 Å². The zero-order valence-electron chi connectivity index (χ0n) is 19.4. The van der Waals surface area contributed by atoms with Crippen LogP contribution in [0.1, 0.15) is 34.5 Å². The van der Waals surface area contributed by atoms with Crippen molar-refractivity contribution in [2.75, 3.05) is 40.4 Å². The summed E-state index contributed by atoms with van der Waals surface area (Å²) in [6, 6.07) is 14.3. The van der Waals surface area contributed by atoms with E-state index in [0.29, 0.717) is 18.2 Å². The molecule has 0 saturated carbocycles. The van der Waals surface area contributed by atoms with Crippen molar-refractivity contribution in [2.45, 2.75) is 31.8 Å². The normalized spacial score (nSPS) is 21.9. The summed E-state index contributed by atoms with van der Waals surface area (Å²) in [5.41, 5.74) is 3.60. The Hall–Kier alpha value is -2.90. The lowest BCUT2D eigenvalue weighted by Crippen LogP contribution is -2.56. The van der Waals surface area contributed by atoms with Crippen molar-refractivity contribution < 1.29 is 14.3 Å². The van der Waals surface area contributed by atoms with Gasteiger partial charge in [-0.3, -0.25) is 4.68 Å². The molecule has 1 N–H and O–H groups in total. The Balaban J connectivity index is 1.42. The van der Waals surface area contributed by atoms with E-state index in [0.717, 1.165) is 53.3 Å². The van der Waals surface area contributed by atoms with Crippen molar-refractivity contribution in [1.82, 2.24) is 20.0 Å². The fourth-order valence-electron chi connectivity index (χ4n) is 5.39. The molecule has 1 aromatic heterocycles. The third kappa shape index (κ3) is 4.48. The van der Waals surface area contributed by atoms with Crippen LogP contribution in [0.15, 0.2) is 42.5 Å². The van der Waals surface area contributed by atoms with Crippen LogP contribution in [0, 0.1) is 5.92 Å². The van der Waals surface area contributed by atoms with E-state index in [1.165, 1.54) is 33.0 Å². The van der Waals surface area contributed by atoms with Crippen LogP contribution in [0.5, 0.6) is 5.75 Å². The molecule has 4 heterocycles. The van der Waals surface area contributed by atoms with Gasteiger partial charge < -0.3 is 19.7 Å². The van der Waals surface area contributed by atoms with Crippen molar-refractivity contribution >= 4 is 16.9 Å². The van der Waals surface area contributed by atoms with Gasteiger partial charge in [-0.15, -0.1) is 0 Å². The molecule has 0 unspecified atom stereocenters. The molecule has 0 spiro atoms. The first-order valence-electron chi connectivity index (χ1n) is 11.8. The number of piperidine rings is 3. The molecule has 1 atom stereocenters. The molecule has 3 aliphatic rings. The van der Waals surface area contributed by atoms with Crippen molar-refractivity contribution in [3.05, 3.63) is 59.3 Å². The first-order valence-corrected chi connectivity index (χ1v) is 11.8. The number of methoxy groups -OCH3 is 2. The van der Waals surface area contributed by atoms with Crippen molar-refractivity contribution in [2.24, 2.45) is 5.92 Å². The number of aromatic nitrogens is 2. The molecule has 2 bridgehead atoms. The second kappa shape index (κ2) is 9.53. The number of carbonyl (C=O) groups excluding carboxylic acids is 1. The highest BCUT2D eigenvalue weighted by molar-refractivity contribution is 6.04. The number of ether oxygens (including phenoxy) is 2. The maximum absolute atomic E-state index is 12.5. The molecule has 0 amide bonds. The zero-order chi connectivity index (χ0) is 22.8. The number of carbonyl (C=O) groups is 1. The molecule has 3 saturated heterocycles. The Morgan fingerprint density at radius 2 is 1.91 bits per heavy atom. The number of esters is 1. The largest absolute Gasteiger partial charge is 0.497 e. The van der Waals surface area contributed by atoms with E-state index in [1.54, 1.807) is 7.11 Å². The summed E-state index contributed by atoms with van der Waals surface area (Å²) in [5, 5.41) is 9.58.